The second-order valence-electron chi connectivity index (χ2n) is 5.51. The van der Waals surface area contributed by atoms with Crippen LogP contribution in [-0.2, 0) is 12.8 Å². The molecule has 0 spiro atoms. The summed E-state index contributed by atoms with van der Waals surface area (Å²) in [5.74, 6) is -5.50. The van der Waals surface area contributed by atoms with Crippen LogP contribution in [0.3, 0.4) is 0 Å². The number of benzene rings is 2. The van der Waals surface area contributed by atoms with Crippen LogP contribution < -0.4 is 0 Å². The Labute approximate surface area is 130 Å². The van der Waals surface area contributed by atoms with Crippen LogP contribution in [0.5, 0.6) is 0 Å². The van der Waals surface area contributed by atoms with Crippen molar-refractivity contribution in [2.75, 3.05) is 0 Å². The Bertz CT molecular complexity index is 798. The van der Waals surface area contributed by atoms with Crippen LogP contribution >= 0.6 is 0 Å². The van der Waals surface area contributed by atoms with E-state index in [2.05, 4.69) is 0 Å². The molecule has 2 aromatic carbocycles. The topological polar surface area (TPSA) is 0 Å². The number of rotatable bonds is 2. The molecular weight excluding hydrogens is 311 g/mol. The van der Waals surface area contributed by atoms with Gasteiger partial charge in [0.1, 0.15) is 11.6 Å². The van der Waals surface area contributed by atoms with Gasteiger partial charge in [0.05, 0.1) is 0 Å². The van der Waals surface area contributed by atoms with Gasteiger partial charge in [0.25, 0.3) is 0 Å². The van der Waals surface area contributed by atoms with Crippen molar-refractivity contribution in [3.63, 3.8) is 0 Å². The zero-order chi connectivity index (χ0) is 16.7. The normalized spacial score (nSPS) is 13.7. The lowest BCUT2D eigenvalue weighted by molar-refractivity contribution is 0.440. The zero-order valence-electron chi connectivity index (χ0n) is 12.3. The van der Waals surface area contributed by atoms with Crippen molar-refractivity contribution in [3.8, 4) is 0 Å². The predicted molar refractivity (Wildman–Crippen MR) is 78.2 cm³/mol. The van der Waals surface area contributed by atoms with E-state index in [1.54, 1.807) is 6.92 Å². The summed E-state index contributed by atoms with van der Waals surface area (Å²) in [5, 5.41) is 0. The van der Waals surface area contributed by atoms with Crippen LogP contribution in [0.1, 0.15) is 35.6 Å². The maximum Gasteiger partial charge on any atom is 0.194 e. The van der Waals surface area contributed by atoms with E-state index in [0.29, 0.717) is 17.6 Å². The summed E-state index contributed by atoms with van der Waals surface area (Å²) in [6.45, 7) is 1.78. The van der Waals surface area contributed by atoms with Gasteiger partial charge in [-0.3, -0.25) is 0 Å². The monoisotopic (exact) mass is 324 g/mol. The second kappa shape index (κ2) is 5.80. The van der Waals surface area contributed by atoms with E-state index in [4.69, 9.17) is 0 Å². The summed E-state index contributed by atoms with van der Waals surface area (Å²) in [6, 6.07) is 3.35. The van der Waals surface area contributed by atoms with Crippen LogP contribution in [0.2, 0.25) is 0 Å². The predicted octanol–water partition coefficient (Wildman–Crippen LogP) is 5.43. The lowest BCUT2D eigenvalue weighted by Crippen LogP contribution is -2.08. The standard InChI is InChI=1S/C18H13F5/c1-2-9-5-13(19)16(14(20)6-9)10-3-4-12-11(7-10)8-15(21)18(23)17(12)22/h5-8H,2-4H2,1H3. The molecule has 1 aliphatic carbocycles. The Morgan fingerprint density at radius 1 is 0.826 bits per heavy atom. The summed E-state index contributed by atoms with van der Waals surface area (Å²) in [7, 11) is 0. The molecule has 0 amide bonds. The molecule has 0 bridgehead atoms. The molecule has 0 aliphatic heterocycles. The fraction of sp³-hybridized carbons (Fsp3) is 0.222. The summed E-state index contributed by atoms with van der Waals surface area (Å²) >= 11 is 0. The largest absolute Gasteiger partial charge is 0.206 e. The highest BCUT2D eigenvalue weighted by Gasteiger charge is 2.24. The first-order valence-electron chi connectivity index (χ1n) is 7.27. The number of halogens is 5. The Balaban J connectivity index is 2.14. The molecule has 2 aromatic rings. The lowest BCUT2D eigenvalue weighted by atomic mass is 9.87. The summed E-state index contributed by atoms with van der Waals surface area (Å²) in [6.07, 6.45) is 2.01. The highest BCUT2D eigenvalue weighted by Crippen LogP contribution is 2.35. The fourth-order valence-electron chi connectivity index (χ4n) is 2.89. The SMILES string of the molecule is CCc1cc(F)c(C2=Cc3cc(F)c(F)c(F)c3CC2)c(F)c1. The van der Waals surface area contributed by atoms with Gasteiger partial charge in [0.2, 0.25) is 0 Å². The molecule has 0 fully saturated rings. The van der Waals surface area contributed by atoms with Crippen LogP contribution in [0, 0.1) is 29.1 Å². The first kappa shape index (κ1) is 15.7. The van der Waals surface area contributed by atoms with Crippen molar-refractivity contribution >= 4 is 11.6 Å². The van der Waals surface area contributed by atoms with Gasteiger partial charge in [-0.2, -0.15) is 0 Å². The van der Waals surface area contributed by atoms with E-state index in [9.17, 15) is 22.0 Å². The van der Waals surface area contributed by atoms with Gasteiger partial charge >= 0.3 is 0 Å². The van der Waals surface area contributed by atoms with E-state index in [1.807, 2.05) is 0 Å². The molecule has 120 valence electrons. The van der Waals surface area contributed by atoms with Crippen LogP contribution in [0.25, 0.3) is 11.6 Å². The number of hydrogen-bond donors (Lipinski definition) is 0. The molecule has 0 nitrogen and oxygen atoms in total. The second-order valence-corrected chi connectivity index (χ2v) is 5.51. The van der Waals surface area contributed by atoms with E-state index in [0.717, 1.165) is 6.07 Å². The van der Waals surface area contributed by atoms with Gasteiger partial charge < -0.3 is 0 Å². The Hall–Kier alpha value is -2.17. The number of allylic oxidation sites excluding steroid dienone is 1. The van der Waals surface area contributed by atoms with Crippen LogP contribution in [0.15, 0.2) is 18.2 Å². The van der Waals surface area contributed by atoms with Crippen molar-refractivity contribution in [2.24, 2.45) is 0 Å². The third-order valence-electron chi connectivity index (χ3n) is 4.10. The maximum atomic E-state index is 14.2. The Morgan fingerprint density at radius 2 is 1.48 bits per heavy atom. The molecule has 0 N–H and O–H groups in total. The quantitative estimate of drug-likeness (QED) is 0.510. The molecule has 5 heteroatoms. The van der Waals surface area contributed by atoms with Gasteiger partial charge in [0, 0.05) is 5.56 Å². The van der Waals surface area contributed by atoms with E-state index >= 15 is 0 Å². The van der Waals surface area contributed by atoms with Crippen molar-refractivity contribution in [1.29, 1.82) is 0 Å². The third-order valence-corrected chi connectivity index (χ3v) is 4.10. The number of hydrogen-bond acceptors (Lipinski definition) is 0. The van der Waals surface area contributed by atoms with Gasteiger partial charge in [-0.05, 0) is 59.7 Å². The summed E-state index contributed by atoms with van der Waals surface area (Å²) < 4.78 is 68.7. The molecule has 0 unspecified atom stereocenters. The van der Waals surface area contributed by atoms with Crippen LogP contribution in [-0.4, -0.2) is 0 Å². The molecule has 0 heterocycles. The number of aryl methyl sites for hydroxylation is 1. The van der Waals surface area contributed by atoms with Crippen molar-refractivity contribution < 1.29 is 22.0 Å². The third kappa shape index (κ3) is 2.64. The van der Waals surface area contributed by atoms with Gasteiger partial charge in [0.15, 0.2) is 17.5 Å². The van der Waals surface area contributed by atoms with Crippen molar-refractivity contribution in [3.05, 3.63) is 69.5 Å². The molecular formula is C18H13F5. The van der Waals surface area contributed by atoms with E-state index in [1.165, 1.54) is 18.2 Å². The average molecular weight is 324 g/mol. The van der Waals surface area contributed by atoms with Crippen LogP contribution in [0.4, 0.5) is 22.0 Å². The minimum Gasteiger partial charge on any atom is -0.206 e. The molecule has 0 radical (unpaired) electrons. The molecule has 0 atom stereocenters. The Kier molecular flexibility index (Phi) is 3.96. The highest BCUT2D eigenvalue weighted by molar-refractivity contribution is 5.85. The van der Waals surface area contributed by atoms with Gasteiger partial charge in [-0.15, -0.1) is 0 Å². The molecule has 0 saturated carbocycles. The minimum atomic E-state index is -1.52. The summed E-state index contributed by atoms with van der Waals surface area (Å²) in [4.78, 5) is 0. The van der Waals surface area contributed by atoms with Crippen molar-refractivity contribution in [1.82, 2.24) is 0 Å². The lowest BCUT2D eigenvalue weighted by Gasteiger charge is -2.19. The van der Waals surface area contributed by atoms with E-state index < -0.39 is 29.1 Å². The number of fused-ring (bicyclic) bond motifs is 1. The summed E-state index contributed by atoms with van der Waals surface area (Å²) in [5.41, 5.74) is 0.776. The molecule has 1 aliphatic rings. The minimum absolute atomic E-state index is 0.0265. The Morgan fingerprint density at radius 3 is 2.09 bits per heavy atom. The molecule has 0 aromatic heterocycles. The van der Waals surface area contributed by atoms with Gasteiger partial charge in [-0.1, -0.05) is 13.0 Å². The molecule has 23 heavy (non-hydrogen) atoms. The van der Waals surface area contributed by atoms with Gasteiger partial charge in [-0.25, -0.2) is 22.0 Å². The zero-order valence-corrected chi connectivity index (χ0v) is 12.3. The molecule has 0 saturated heterocycles. The average Bonchev–Trinajstić information content (AvgIpc) is 2.51. The first-order valence-corrected chi connectivity index (χ1v) is 7.27. The fourth-order valence-corrected chi connectivity index (χ4v) is 2.89. The molecule has 3 rings (SSSR count). The first-order chi connectivity index (χ1) is 10.9. The van der Waals surface area contributed by atoms with E-state index in [-0.39, 0.29) is 29.5 Å². The van der Waals surface area contributed by atoms with Crippen molar-refractivity contribution in [2.45, 2.75) is 26.2 Å². The highest BCUT2D eigenvalue weighted by atomic mass is 19.2. The smallest absolute Gasteiger partial charge is 0.194 e. The maximum absolute atomic E-state index is 14.2.